The number of hydrogen-bond acceptors (Lipinski definition) is 4. The quantitative estimate of drug-likeness (QED) is 0.486. The van der Waals surface area contributed by atoms with Crippen LogP contribution >= 0.6 is 0 Å². The molecule has 0 saturated heterocycles. The van der Waals surface area contributed by atoms with Gasteiger partial charge < -0.3 is 10.0 Å². The van der Waals surface area contributed by atoms with Crippen molar-refractivity contribution in [2.75, 3.05) is 11.4 Å². The molecular weight excluding hydrogens is 487 g/mol. The van der Waals surface area contributed by atoms with Gasteiger partial charge in [-0.3, -0.25) is 4.90 Å². The SMILES string of the molecule is CC1=C(c2c(C(=O)O)cnn2-c2ccc(C#N)cc2)CN(C(C)C)C(=O)N1c1cccc(C(F)(F)F)c1. The highest BCUT2D eigenvalue weighted by Gasteiger charge is 2.38. The van der Waals surface area contributed by atoms with Crippen molar-refractivity contribution in [3.63, 3.8) is 0 Å². The van der Waals surface area contributed by atoms with Crippen LogP contribution in [0.25, 0.3) is 11.3 Å². The van der Waals surface area contributed by atoms with Crippen LogP contribution in [0.15, 0.2) is 60.4 Å². The Kier molecular flexibility index (Phi) is 6.52. The summed E-state index contributed by atoms with van der Waals surface area (Å²) in [6.45, 7) is 5.10. The molecule has 2 aromatic carbocycles. The van der Waals surface area contributed by atoms with Crippen LogP contribution in [0.3, 0.4) is 0 Å². The predicted octanol–water partition coefficient (Wildman–Crippen LogP) is 5.54. The second kappa shape index (κ2) is 9.46. The second-order valence-electron chi connectivity index (χ2n) is 8.73. The van der Waals surface area contributed by atoms with E-state index >= 15 is 0 Å². The zero-order valence-electron chi connectivity index (χ0n) is 20.1. The van der Waals surface area contributed by atoms with E-state index in [1.54, 1.807) is 45.0 Å². The maximum Gasteiger partial charge on any atom is 0.416 e. The van der Waals surface area contributed by atoms with E-state index in [0.717, 1.165) is 17.0 Å². The van der Waals surface area contributed by atoms with Crippen LogP contribution in [0.1, 0.15) is 48.0 Å². The Labute approximate surface area is 210 Å². The highest BCUT2D eigenvalue weighted by Crippen LogP contribution is 2.38. The van der Waals surface area contributed by atoms with E-state index in [4.69, 9.17) is 5.26 Å². The molecule has 0 atom stereocenters. The number of amides is 2. The van der Waals surface area contributed by atoms with E-state index in [1.165, 1.54) is 27.9 Å². The molecule has 0 saturated carbocycles. The fourth-order valence-electron chi connectivity index (χ4n) is 4.20. The molecule has 0 bridgehead atoms. The zero-order chi connectivity index (χ0) is 27.1. The number of carboxylic acid groups (broad SMARTS) is 1. The monoisotopic (exact) mass is 509 g/mol. The molecule has 0 radical (unpaired) electrons. The molecule has 0 aliphatic carbocycles. The van der Waals surface area contributed by atoms with Crippen LogP contribution in [0.4, 0.5) is 23.7 Å². The number of nitriles is 1. The van der Waals surface area contributed by atoms with Crippen molar-refractivity contribution in [3.05, 3.63) is 82.8 Å². The minimum atomic E-state index is -4.61. The van der Waals surface area contributed by atoms with Gasteiger partial charge in [0.2, 0.25) is 0 Å². The number of alkyl halides is 3. The third-order valence-electron chi connectivity index (χ3n) is 6.12. The van der Waals surface area contributed by atoms with Crippen LogP contribution < -0.4 is 4.90 Å². The third kappa shape index (κ3) is 4.65. The number of nitrogens with zero attached hydrogens (tertiary/aromatic N) is 5. The van der Waals surface area contributed by atoms with Crippen molar-refractivity contribution in [1.82, 2.24) is 14.7 Å². The molecule has 37 heavy (non-hydrogen) atoms. The van der Waals surface area contributed by atoms with Crippen molar-refractivity contribution < 1.29 is 27.9 Å². The van der Waals surface area contributed by atoms with Crippen LogP contribution in [-0.4, -0.2) is 44.4 Å². The van der Waals surface area contributed by atoms with E-state index in [0.29, 0.717) is 16.8 Å². The third-order valence-corrected chi connectivity index (χ3v) is 6.12. The molecule has 3 aromatic rings. The molecule has 4 rings (SSSR count). The van der Waals surface area contributed by atoms with Gasteiger partial charge in [0.1, 0.15) is 5.56 Å². The first kappa shape index (κ1) is 25.5. The Morgan fingerprint density at radius 3 is 2.38 bits per heavy atom. The van der Waals surface area contributed by atoms with Crippen LogP contribution in [-0.2, 0) is 6.18 Å². The van der Waals surface area contributed by atoms with Crippen molar-refractivity contribution in [2.24, 2.45) is 0 Å². The number of aromatic nitrogens is 2. The normalized spacial score (nSPS) is 14.4. The minimum Gasteiger partial charge on any atom is -0.478 e. The molecule has 1 N–H and O–H groups in total. The Hall–Kier alpha value is -4.59. The lowest BCUT2D eigenvalue weighted by Gasteiger charge is -2.40. The Bertz CT molecular complexity index is 1450. The van der Waals surface area contributed by atoms with E-state index in [9.17, 15) is 27.9 Å². The molecule has 8 nitrogen and oxygen atoms in total. The fraction of sp³-hybridized carbons (Fsp3) is 0.231. The lowest BCUT2D eigenvalue weighted by atomic mass is 10.0. The molecular formula is C26H22F3N5O3. The summed E-state index contributed by atoms with van der Waals surface area (Å²) in [5, 5.41) is 23.3. The Balaban J connectivity index is 1.97. The Morgan fingerprint density at radius 2 is 1.81 bits per heavy atom. The van der Waals surface area contributed by atoms with Gasteiger partial charge in [-0.1, -0.05) is 6.07 Å². The van der Waals surface area contributed by atoms with E-state index in [1.807, 2.05) is 6.07 Å². The highest BCUT2D eigenvalue weighted by atomic mass is 19.4. The first-order chi connectivity index (χ1) is 17.4. The van der Waals surface area contributed by atoms with Gasteiger partial charge in [-0.2, -0.15) is 23.5 Å². The number of hydrogen-bond donors (Lipinski definition) is 1. The maximum absolute atomic E-state index is 13.5. The number of carbonyl (C=O) groups excluding carboxylic acids is 1. The molecule has 2 amide bonds. The van der Waals surface area contributed by atoms with Crippen LogP contribution in [0, 0.1) is 11.3 Å². The number of benzene rings is 2. The lowest BCUT2D eigenvalue weighted by Crippen LogP contribution is -2.50. The van der Waals surface area contributed by atoms with Gasteiger partial charge in [0.15, 0.2) is 0 Å². The average molecular weight is 509 g/mol. The number of anilines is 1. The van der Waals surface area contributed by atoms with Gasteiger partial charge >= 0.3 is 18.2 Å². The van der Waals surface area contributed by atoms with E-state index < -0.39 is 23.7 Å². The summed E-state index contributed by atoms with van der Waals surface area (Å²) in [4.78, 5) is 28.2. The summed E-state index contributed by atoms with van der Waals surface area (Å²) >= 11 is 0. The van der Waals surface area contributed by atoms with Gasteiger partial charge in [0.05, 0.1) is 47.0 Å². The van der Waals surface area contributed by atoms with Crippen LogP contribution in [0.5, 0.6) is 0 Å². The van der Waals surface area contributed by atoms with Gasteiger partial charge in [0, 0.05) is 17.3 Å². The summed E-state index contributed by atoms with van der Waals surface area (Å²) in [6, 6.07) is 11.9. The molecule has 1 aliphatic heterocycles. The lowest BCUT2D eigenvalue weighted by molar-refractivity contribution is -0.137. The molecule has 2 heterocycles. The molecule has 0 spiro atoms. The van der Waals surface area contributed by atoms with E-state index in [-0.39, 0.29) is 35.2 Å². The summed E-state index contributed by atoms with van der Waals surface area (Å²) in [5.74, 6) is -1.26. The number of halogens is 3. The zero-order valence-corrected chi connectivity index (χ0v) is 20.1. The first-order valence-corrected chi connectivity index (χ1v) is 11.2. The van der Waals surface area contributed by atoms with Gasteiger partial charge in [-0.15, -0.1) is 0 Å². The number of urea groups is 1. The summed E-state index contributed by atoms with van der Waals surface area (Å²) in [5.41, 5.74) is 0.690. The highest BCUT2D eigenvalue weighted by molar-refractivity contribution is 6.03. The summed E-state index contributed by atoms with van der Waals surface area (Å²) in [6.07, 6.45) is -3.43. The van der Waals surface area contributed by atoms with Gasteiger partial charge in [-0.25, -0.2) is 14.3 Å². The minimum absolute atomic E-state index is 0.00138. The molecule has 0 unspecified atom stereocenters. The molecule has 1 aromatic heterocycles. The van der Waals surface area contributed by atoms with Crippen molar-refractivity contribution in [1.29, 1.82) is 5.26 Å². The summed E-state index contributed by atoms with van der Waals surface area (Å²) in [7, 11) is 0. The van der Waals surface area contributed by atoms with E-state index in [2.05, 4.69) is 5.10 Å². The van der Waals surface area contributed by atoms with Crippen molar-refractivity contribution >= 4 is 23.3 Å². The predicted molar refractivity (Wildman–Crippen MR) is 129 cm³/mol. The fourth-order valence-corrected chi connectivity index (χ4v) is 4.20. The van der Waals surface area contributed by atoms with Crippen molar-refractivity contribution in [3.8, 4) is 11.8 Å². The Morgan fingerprint density at radius 1 is 1.14 bits per heavy atom. The average Bonchev–Trinajstić information content (AvgIpc) is 3.29. The number of rotatable bonds is 5. The number of allylic oxidation sites excluding steroid dienone is 1. The molecule has 190 valence electrons. The van der Waals surface area contributed by atoms with Gasteiger partial charge in [-0.05, 0) is 63.2 Å². The second-order valence-corrected chi connectivity index (χ2v) is 8.73. The smallest absolute Gasteiger partial charge is 0.416 e. The molecule has 11 heteroatoms. The van der Waals surface area contributed by atoms with Crippen molar-refractivity contribution in [2.45, 2.75) is 33.0 Å². The standard InChI is InChI=1S/C26H22F3N5O3/c1-15(2)32-14-22(16(3)33(25(32)37)20-6-4-5-18(11-20)26(27,28)29)23-21(24(35)36)13-31-34(23)19-9-7-17(12-30)8-10-19/h4-11,13,15H,14H2,1-3H3,(H,35,36). The maximum atomic E-state index is 13.5. The first-order valence-electron chi connectivity index (χ1n) is 11.2. The van der Waals surface area contributed by atoms with Crippen LogP contribution in [0.2, 0.25) is 0 Å². The number of aromatic carboxylic acids is 1. The molecule has 1 aliphatic rings. The number of carbonyl (C=O) groups is 2. The molecule has 0 fully saturated rings. The largest absolute Gasteiger partial charge is 0.478 e. The van der Waals surface area contributed by atoms with Gasteiger partial charge in [0.25, 0.3) is 0 Å². The number of carboxylic acids is 1. The summed E-state index contributed by atoms with van der Waals surface area (Å²) < 4.78 is 41.7. The topological polar surface area (TPSA) is 102 Å².